The van der Waals surface area contributed by atoms with Crippen LogP contribution in [0.2, 0.25) is 0 Å². The molecule has 1 aliphatic heterocycles. The highest BCUT2D eigenvalue weighted by molar-refractivity contribution is 5.94. The third kappa shape index (κ3) is 5.65. The molecule has 0 bridgehead atoms. The van der Waals surface area contributed by atoms with E-state index in [1.54, 1.807) is 20.5 Å². The van der Waals surface area contributed by atoms with Crippen LogP contribution in [0, 0.1) is 0 Å². The minimum Gasteiger partial charge on any atom is -0.493 e. The smallest absolute Gasteiger partial charge is 0.195 e. The number of furan rings is 1. The third-order valence-corrected chi connectivity index (χ3v) is 4.37. The molecule has 1 fully saturated rings. The van der Waals surface area contributed by atoms with Crippen LogP contribution < -0.4 is 20.1 Å². The summed E-state index contributed by atoms with van der Waals surface area (Å²) >= 11 is 0. The highest BCUT2D eigenvalue weighted by Crippen LogP contribution is 2.29. The summed E-state index contributed by atoms with van der Waals surface area (Å²) < 4.78 is 21.7. The fraction of sp³-hybridized carbons (Fsp3) is 0.450. The van der Waals surface area contributed by atoms with E-state index in [4.69, 9.17) is 18.6 Å². The van der Waals surface area contributed by atoms with Crippen molar-refractivity contribution >= 4 is 11.6 Å². The van der Waals surface area contributed by atoms with Gasteiger partial charge < -0.3 is 29.3 Å². The van der Waals surface area contributed by atoms with Gasteiger partial charge in [0.2, 0.25) is 0 Å². The number of guanidine groups is 1. The van der Waals surface area contributed by atoms with Crippen LogP contribution in [0.5, 0.6) is 11.5 Å². The monoisotopic (exact) mass is 373 g/mol. The summed E-state index contributed by atoms with van der Waals surface area (Å²) in [4.78, 5) is 4.68. The third-order valence-electron chi connectivity index (χ3n) is 4.37. The summed E-state index contributed by atoms with van der Waals surface area (Å²) in [5.41, 5.74) is 0.865. The number of nitrogens with zero attached hydrogens (tertiary/aromatic N) is 1. The number of ether oxygens (including phenoxy) is 3. The maximum absolute atomic E-state index is 5.67. The van der Waals surface area contributed by atoms with Gasteiger partial charge in [0.15, 0.2) is 17.5 Å². The SMILES string of the molecule is COc1ccc(NC(=NCC2CCCO2)NCCc2ccco2)cc1OC. The molecule has 146 valence electrons. The predicted octanol–water partition coefficient (Wildman–Crippen LogP) is 3.08. The van der Waals surface area contributed by atoms with Crippen molar-refractivity contribution in [3.05, 3.63) is 42.4 Å². The first-order chi connectivity index (χ1) is 13.3. The van der Waals surface area contributed by atoms with Gasteiger partial charge in [0.25, 0.3) is 0 Å². The molecular weight excluding hydrogens is 346 g/mol. The van der Waals surface area contributed by atoms with Crippen LogP contribution in [-0.4, -0.2) is 46.0 Å². The molecule has 7 nitrogen and oxygen atoms in total. The van der Waals surface area contributed by atoms with E-state index >= 15 is 0 Å². The molecule has 0 radical (unpaired) electrons. The van der Waals surface area contributed by atoms with Crippen molar-refractivity contribution in [2.24, 2.45) is 4.99 Å². The fourth-order valence-corrected chi connectivity index (χ4v) is 2.93. The lowest BCUT2D eigenvalue weighted by atomic mass is 10.2. The van der Waals surface area contributed by atoms with Crippen LogP contribution in [0.15, 0.2) is 46.0 Å². The Hall–Kier alpha value is -2.67. The van der Waals surface area contributed by atoms with Gasteiger partial charge in [-0.15, -0.1) is 0 Å². The van der Waals surface area contributed by atoms with Gasteiger partial charge in [-0.2, -0.15) is 0 Å². The average Bonchev–Trinajstić information content (AvgIpc) is 3.40. The Balaban J connectivity index is 1.65. The quantitative estimate of drug-likeness (QED) is 0.547. The van der Waals surface area contributed by atoms with Crippen LogP contribution in [0.25, 0.3) is 0 Å². The lowest BCUT2D eigenvalue weighted by molar-refractivity contribution is 0.118. The summed E-state index contributed by atoms with van der Waals surface area (Å²) in [5.74, 6) is 2.99. The van der Waals surface area contributed by atoms with Crippen LogP contribution >= 0.6 is 0 Å². The van der Waals surface area contributed by atoms with Crippen molar-refractivity contribution in [3.63, 3.8) is 0 Å². The topological polar surface area (TPSA) is 77.2 Å². The number of anilines is 1. The van der Waals surface area contributed by atoms with Crippen LogP contribution in [0.3, 0.4) is 0 Å². The molecule has 1 atom stereocenters. The predicted molar refractivity (Wildman–Crippen MR) is 105 cm³/mol. The molecule has 0 amide bonds. The Morgan fingerprint density at radius 3 is 2.81 bits per heavy atom. The lowest BCUT2D eigenvalue weighted by Crippen LogP contribution is -2.33. The van der Waals surface area contributed by atoms with Gasteiger partial charge in [-0.05, 0) is 37.1 Å². The molecular formula is C20H27N3O4. The molecule has 1 aromatic carbocycles. The Labute approximate surface area is 159 Å². The average molecular weight is 373 g/mol. The molecule has 1 aliphatic rings. The van der Waals surface area contributed by atoms with Crippen LogP contribution in [0.1, 0.15) is 18.6 Å². The number of hydrogen-bond donors (Lipinski definition) is 2. The zero-order valence-corrected chi connectivity index (χ0v) is 15.9. The van der Waals surface area contributed by atoms with Gasteiger partial charge in [-0.25, -0.2) is 0 Å². The van der Waals surface area contributed by atoms with Crippen LogP contribution in [-0.2, 0) is 11.2 Å². The van der Waals surface area contributed by atoms with Crippen LogP contribution in [0.4, 0.5) is 5.69 Å². The van der Waals surface area contributed by atoms with E-state index in [0.717, 1.165) is 37.3 Å². The van der Waals surface area contributed by atoms with E-state index in [1.165, 1.54) is 0 Å². The first-order valence-electron chi connectivity index (χ1n) is 9.20. The van der Waals surface area contributed by atoms with Gasteiger partial charge in [0.1, 0.15) is 5.76 Å². The largest absolute Gasteiger partial charge is 0.493 e. The number of methoxy groups -OCH3 is 2. The van der Waals surface area contributed by atoms with Gasteiger partial charge in [-0.1, -0.05) is 0 Å². The van der Waals surface area contributed by atoms with E-state index in [1.807, 2.05) is 30.3 Å². The maximum atomic E-state index is 5.67. The molecule has 3 rings (SSSR count). The maximum Gasteiger partial charge on any atom is 0.195 e. The molecule has 0 aliphatic carbocycles. The summed E-state index contributed by atoms with van der Waals surface area (Å²) in [5, 5.41) is 6.67. The first kappa shape index (κ1) is 19.1. The Kier molecular flexibility index (Phi) is 6.98. The van der Waals surface area contributed by atoms with Crippen molar-refractivity contribution < 1.29 is 18.6 Å². The number of rotatable bonds is 8. The number of aliphatic imine (C=N–C) groups is 1. The number of hydrogen-bond acceptors (Lipinski definition) is 5. The molecule has 7 heteroatoms. The Morgan fingerprint density at radius 1 is 1.22 bits per heavy atom. The van der Waals surface area contributed by atoms with Gasteiger partial charge in [-0.3, -0.25) is 4.99 Å². The number of nitrogens with one attached hydrogen (secondary N) is 2. The first-order valence-corrected chi connectivity index (χ1v) is 9.20. The molecule has 2 aromatic rings. The van der Waals surface area contributed by atoms with Crippen molar-refractivity contribution in [3.8, 4) is 11.5 Å². The summed E-state index contributed by atoms with van der Waals surface area (Å²) in [6.07, 6.45) is 4.81. The summed E-state index contributed by atoms with van der Waals surface area (Å²) in [6, 6.07) is 9.53. The van der Waals surface area contributed by atoms with Crippen molar-refractivity contribution in [1.82, 2.24) is 5.32 Å². The fourth-order valence-electron chi connectivity index (χ4n) is 2.93. The van der Waals surface area contributed by atoms with E-state index in [2.05, 4.69) is 15.6 Å². The zero-order valence-electron chi connectivity index (χ0n) is 15.9. The standard InChI is InChI=1S/C20H27N3O4/c1-24-18-8-7-15(13-19(18)25-2)23-20(22-14-17-6-4-12-27-17)21-10-9-16-5-3-11-26-16/h3,5,7-8,11,13,17H,4,6,9-10,12,14H2,1-2H3,(H2,21,22,23). The second-order valence-corrected chi connectivity index (χ2v) is 6.28. The van der Waals surface area contributed by atoms with E-state index in [0.29, 0.717) is 30.5 Å². The minimum absolute atomic E-state index is 0.194. The second-order valence-electron chi connectivity index (χ2n) is 6.28. The van der Waals surface area contributed by atoms with Crippen molar-refractivity contribution in [2.45, 2.75) is 25.4 Å². The zero-order chi connectivity index (χ0) is 18.9. The summed E-state index contributed by atoms with van der Waals surface area (Å²) in [6.45, 7) is 2.16. The molecule has 0 spiro atoms. The molecule has 2 N–H and O–H groups in total. The van der Waals surface area contributed by atoms with Gasteiger partial charge in [0.05, 0.1) is 33.1 Å². The van der Waals surface area contributed by atoms with Gasteiger partial charge >= 0.3 is 0 Å². The number of benzene rings is 1. The van der Waals surface area contributed by atoms with Crippen molar-refractivity contribution in [1.29, 1.82) is 0 Å². The highest BCUT2D eigenvalue weighted by atomic mass is 16.5. The normalized spacial score (nSPS) is 17.0. The highest BCUT2D eigenvalue weighted by Gasteiger charge is 2.15. The lowest BCUT2D eigenvalue weighted by Gasteiger charge is -2.15. The minimum atomic E-state index is 0.194. The molecule has 27 heavy (non-hydrogen) atoms. The molecule has 2 heterocycles. The van der Waals surface area contributed by atoms with Gasteiger partial charge in [0, 0.05) is 31.3 Å². The molecule has 1 unspecified atom stereocenters. The summed E-state index contributed by atoms with van der Waals surface area (Å²) in [7, 11) is 3.24. The van der Waals surface area contributed by atoms with Crippen molar-refractivity contribution in [2.75, 3.05) is 39.2 Å². The van der Waals surface area contributed by atoms with E-state index in [-0.39, 0.29) is 6.10 Å². The Bertz CT molecular complexity index is 725. The Morgan fingerprint density at radius 2 is 2.11 bits per heavy atom. The van der Waals surface area contributed by atoms with E-state index < -0.39 is 0 Å². The molecule has 1 saturated heterocycles. The van der Waals surface area contributed by atoms with E-state index in [9.17, 15) is 0 Å². The second kappa shape index (κ2) is 9.87. The molecule has 0 saturated carbocycles. The molecule has 1 aromatic heterocycles.